The van der Waals surface area contributed by atoms with Crippen LogP contribution in [0.4, 0.5) is 4.39 Å². The second-order valence-corrected chi connectivity index (χ2v) is 9.73. The molecule has 6 nitrogen and oxygen atoms in total. The van der Waals surface area contributed by atoms with E-state index in [1.54, 1.807) is 36.4 Å². The third kappa shape index (κ3) is 5.72. The van der Waals surface area contributed by atoms with Crippen molar-refractivity contribution in [2.75, 3.05) is 13.2 Å². The van der Waals surface area contributed by atoms with E-state index in [1.165, 1.54) is 17.0 Å². The number of halogens is 2. The molecular weight excluding hydrogens is 495 g/mol. The molecule has 1 atom stereocenters. The molecule has 0 saturated heterocycles. The summed E-state index contributed by atoms with van der Waals surface area (Å²) in [5.74, 6) is -0.0724. The fourth-order valence-electron chi connectivity index (χ4n) is 4.90. The molecule has 5 rings (SSSR count). The molecule has 0 unspecified atom stereocenters. The summed E-state index contributed by atoms with van der Waals surface area (Å²) >= 11 is 6.48. The smallest absolute Gasteiger partial charge is 0.255 e. The van der Waals surface area contributed by atoms with Crippen LogP contribution in [0.1, 0.15) is 53.2 Å². The number of hydrogen-bond donors (Lipinski definition) is 1. The minimum atomic E-state index is -1.00. The van der Waals surface area contributed by atoms with Crippen molar-refractivity contribution in [3.8, 4) is 11.5 Å². The van der Waals surface area contributed by atoms with Gasteiger partial charge in [0.2, 0.25) is 5.91 Å². The van der Waals surface area contributed by atoms with Gasteiger partial charge in [0.25, 0.3) is 5.91 Å². The number of ether oxygens (including phenoxy) is 2. The Morgan fingerprint density at radius 3 is 2.41 bits per heavy atom. The molecule has 37 heavy (non-hydrogen) atoms. The van der Waals surface area contributed by atoms with E-state index < -0.39 is 11.9 Å². The van der Waals surface area contributed by atoms with Gasteiger partial charge in [-0.3, -0.25) is 9.59 Å². The van der Waals surface area contributed by atoms with Gasteiger partial charge < -0.3 is 19.7 Å². The maximum Gasteiger partial charge on any atom is 0.255 e. The maximum absolute atomic E-state index is 14.1. The van der Waals surface area contributed by atoms with E-state index in [0.717, 1.165) is 25.7 Å². The number of amides is 2. The highest BCUT2D eigenvalue weighted by Gasteiger charge is 2.34. The van der Waals surface area contributed by atoms with E-state index in [-0.39, 0.29) is 24.4 Å². The van der Waals surface area contributed by atoms with E-state index in [1.807, 2.05) is 18.2 Å². The zero-order chi connectivity index (χ0) is 25.8. The van der Waals surface area contributed by atoms with E-state index in [0.29, 0.717) is 46.4 Å². The Morgan fingerprint density at radius 1 is 0.973 bits per heavy atom. The lowest BCUT2D eigenvalue weighted by Crippen LogP contribution is -2.46. The Bertz CT molecular complexity index is 1280. The molecular formula is C29H28ClFN2O4. The normalized spacial score (nSPS) is 15.7. The topological polar surface area (TPSA) is 67.9 Å². The van der Waals surface area contributed by atoms with E-state index >= 15 is 0 Å². The molecule has 0 radical (unpaired) electrons. The van der Waals surface area contributed by atoms with Crippen molar-refractivity contribution < 1.29 is 23.5 Å². The first-order valence-corrected chi connectivity index (χ1v) is 12.9. The van der Waals surface area contributed by atoms with Gasteiger partial charge in [0.1, 0.15) is 25.1 Å². The van der Waals surface area contributed by atoms with Gasteiger partial charge in [-0.2, -0.15) is 0 Å². The van der Waals surface area contributed by atoms with Gasteiger partial charge in [-0.25, -0.2) is 4.39 Å². The van der Waals surface area contributed by atoms with Crippen molar-refractivity contribution >= 4 is 23.4 Å². The molecule has 3 aromatic carbocycles. The lowest BCUT2D eigenvalue weighted by atomic mass is 10.0. The van der Waals surface area contributed by atoms with Crippen LogP contribution < -0.4 is 14.8 Å². The third-order valence-electron chi connectivity index (χ3n) is 6.80. The van der Waals surface area contributed by atoms with Crippen LogP contribution in [0.5, 0.6) is 11.5 Å². The van der Waals surface area contributed by atoms with Crippen LogP contribution in [0.25, 0.3) is 0 Å². The minimum Gasteiger partial charge on any atom is -0.486 e. The van der Waals surface area contributed by atoms with Crippen molar-refractivity contribution in [2.24, 2.45) is 0 Å². The summed E-state index contributed by atoms with van der Waals surface area (Å²) in [6.45, 7) is 0.899. The Kier molecular flexibility index (Phi) is 7.60. The molecule has 3 aromatic rings. The van der Waals surface area contributed by atoms with Crippen LogP contribution >= 0.6 is 11.6 Å². The molecule has 2 amide bonds. The summed E-state index contributed by atoms with van der Waals surface area (Å²) in [6, 6.07) is 16.9. The molecule has 0 bridgehead atoms. The van der Waals surface area contributed by atoms with Crippen molar-refractivity contribution in [2.45, 2.75) is 44.3 Å². The van der Waals surface area contributed by atoms with Gasteiger partial charge in [-0.15, -0.1) is 0 Å². The number of nitrogens with zero attached hydrogens (tertiary/aromatic N) is 1. The molecule has 1 aliphatic heterocycles. The summed E-state index contributed by atoms with van der Waals surface area (Å²) in [6.07, 6.45) is 3.88. The van der Waals surface area contributed by atoms with Crippen LogP contribution in [-0.4, -0.2) is 36.0 Å². The zero-order valence-electron chi connectivity index (χ0n) is 20.3. The minimum absolute atomic E-state index is 0.0435. The molecule has 0 aromatic heterocycles. The second kappa shape index (κ2) is 11.2. The first-order chi connectivity index (χ1) is 18.0. The fraction of sp³-hybridized carbons (Fsp3) is 0.310. The SMILES string of the molecule is O=C(NC1CCCC1)[C@@H](c1ccc(F)cc1)N(Cc1ccccc1Cl)C(=O)c1ccc2c(c1)OCCO2. The highest BCUT2D eigenvalue weighted by atomic mass is 35.5. The summed E-state index contributed by atoms with van der Waals surface area (Å²) < 4.78 is 25.1. The number of carbonyl (C=O) groups is 2. The first kappa shape index (κ1) is 25.1. The summed E-state index contributed by atoms with van der Waals surface area (Å²) in [5.41, 5.74) is 1.54. The summed E-state index contributed by atoms with van der Waals surface area (Å²) in [7, 11) is 0. The van der Waals surface area contributed by atoms with Gasteiger partial charge in [0.15, 0.2) is 11.5 Å². The van der Waals surface area contributed by atoms with Crippen LogP contribution in [-0.2, 0) is 11.3 Å². The molecule has 1 fully saturated rings. The predicted octanol–water partition coefficient (Wildman–Crippen LogP) is 5.69. The maximum atomic E-state index is 14.1. The number of carbonyl (C=O) groups excluding carboxylic acids is 2. The Morgan fingerprint density at radius 2 is 1.68 bits per heavy atom. The van der Waals surface area contributed by atoms with Gasteiger partial charge in [-0.05, 0) is 60.4 Å². The van der Waals surface area contributed by atoms with E-state index in [9.17, 15) is 14.0 Å². The molecule has 0 spiro atoms. The Balaban J connectivity index is 1.56. The van der Waals surface area contributed by atoms with Crippen LogP contribution in [0.3, 0.4) is 0 Å². The van der Waals surface area contributed by atoms with Crippen LogP contribution in [0.2, 0.25) is 5.02 Å². The first-order valence-electron chi connectivity index (χ1n) is 12.5. The molecule has 8 heteroatoms. The Hall–Kier alpha value is -3.58. The van der Waals surface area contributed by atoms with Gasteiger partial charge in [-0.1, -0.05) is 54.8 Å². The highest BCUT2D eigenvalue weighted by Crippen LogP contribution is 2.34. The average Bonchev–Trinajstić information content (AvgIpc) is 3.43. The average molecular weight is 523 g/mol. The van der Waals surface area contributed by atoms with Crippen molar-refractivity contribution in [3.63, 3.8) is 0 Å². The predicted molar refractivity (Wildman–Crippen MR) is 138 cm³/mol. The Labute approximate surface area is 220 Å². The number of nitrogens with one attached hydrogen (secondary N) is 1. The fourth-order valence-corrected chi connectivity index (χ4v) is 5.10. The standard InChI is InChI=1S/C29H28ClFN2O4/c30-24-8-4-1-5-21(24)18-33(29(35)20-11-14-25-26(17-20)37-16-15-36-25)27(19-9-12-22(31)13-10-19)28(34)32-23-6-2-3-7-23/h1,4-5,8-14,17,23,27H,2-3,6-7,15-16,18H2,(H,32,34)/t27-/m1/s1. The van der Waals surface area contributed by atoms with Crippen molar-refractivity contribution in [1.82, 2.24) is 10.2 Å². The largest absolute Gasteiger partial charge is 0.486 e. The highest BCUT2D eigenvalue weighted by molar-refractivity contribution is 6.31. The molecule has 1 heterocycles. The molecule has 2 aliphatic rings. The molecule has 1 aliphatic carbocycles. The summed E-state index contributed by atoms with van der Waals surface area (Å²) in [4.78, 5) is 29.4. The molecule has 1 saturated carbocycles. The van der Waals surface area contributed by atoms with Crippen molar-refractivity contribution in [1.29, 1.82) is 0 Å². The van der Waals surface area contributed by atoms with Gasteiger partial charge in [0.05, 0.1) is 0 Å². The molecule has 1 N–H and O–H groups in total. The third-order valence-corrected chi connectivity index (χ3v) is 7.16. The number of hydrogen-bond acceptors (Lipinski definition) is 4. The van der Waals surface area contributed by atoms with Crippen LogP contribution in [0, 0.1) is 5.82 Å². The monoisotopic (exact) mass is 522 g/mol. The zero-order valence-corrected chi connectivity index (χ0v) is 21.0. The number of benzene rings is 3. The summed E-state index contributed by atoms with van der Waals surface area (Å²) in [5, 5.41) is 3.61. The quantitative estimate of drug-likeness (QED) is 0.432. The molecule has 192 valence electrons. The van der Waals surface area contributed by atoms with E-state index in [4.69, 9.17) is 21.1 Å². The number of rotatable bonds is 7. The lowest BCUT2D eigenvalue weighted by Gasteiger charge is -2.33. The van der Waals surface area contributed by atoms with Crippen molar-refractivity contribution in [3.05, 3.63) is 94.3 Å². The van der Waals surface area contributed by atoms with Crippen LogP contribution in [0.15, 0.2) is 66.7 Å². The van der Waals surface area contributed by atoms with Gasteiger partial charge in [0, 0.05) is 23.2 Å². The second-order valence-electron chi connectivity index (χ2n) is 9.33. The van der Waals surface area contributed by atoms with E-state index in [2.05, 4.69) is 5.32 Å². The lowest BCUT2D eigenvalue weighted by molar-refractivity contribution is -0.126. The van der Waals surface area contributed by atoms with Gasteiger partial charge >= 0.3 is 0 Å². The number of fused-ring (bicyclic) bond motifs is 1.